The highest BCUT2D eigenvalue weighted by Gasteiger charge is 2.31. The van der Waals surface area contributed by atoms with Crippen molar-refractivity contribution >= 4 is 46.3 Å². The number of carbonyl (C=O) groups is 2. The Labute approximate surface area is 259 Å². The third kappa shape index (κ3) is 5.72. The number of benzene rings is 1. The number of aromatic nitrogens is 6. The van der Waals surface area contributed by atoms with Gasteiger partial charge in [-0.2, -0.15) is 5.10 Å². The van der Waals surface area contributed by atoms with Crippen molar-refractivity contribution in [2.24, 2.45) is 13.0 Å². The molecule has 2 aliphatic rings. The Morgan fingerprint density at radius 2 is 1.98 bits per heavy atom. The van der Waals surface area contributed by atoms with Gasteiger partial charge in [0.25, 0.3) is 0 Å². The zero-order chi connectivity index (χ0) is 30.2. The highest BCUT2D eigenvalue weighted by molar-refractivity contribution is 6.31. The summed E-state index contributed by atoms with van der Waals surface area (Å²) in [6.45, 7) is 6.44. The van der Waals surface area contributed by atoms with Crippen LogP contribution in [0.1, 0.15) is 49.9 Å². The highest BCUT2D eigenvalue weighted by Crippen LogP contribution is 2.37. The predicted molar refractivity (Wildman–Crippen MR) is 166 cm³/mol. The smallest absolute Gasteiger partial charge is 0.247 e. The van der Waals surface area contributed by atoms with Crippen LogP contribution < -0.4 is 5.32 Å². The molecule has 1 N–H and O–H groups in total. The molecule has 0 fully saturated rings. The van der Waals surface area contributed by atoms with Gasteiger partial charge in [-0.3, -0.25) is 19.3 Å². The molecule has 3 aromatic heterocycles. The summed E-state index contributed by atoms with van der Waals surface area (Å²) in [4.78, 5) is 33.8. The first-order valence-corrected chi connectivity index (χ1v) is 14.8. The van der Waals surface area contributed by atoms with Crippen LogP contribution in [0.15, 0.2) is 67.2 Å². The Balaban J connectivity index is 1.37. The molecular formula is C31H30Cl2N8O2. The third-order valence-electron chi connectivity index (χ3n) is 8.07. The maximum atomic E-state index is 13.9. The summed E-state index contributed by atoms with van der Waals surface area (Å²) in [7, 11) is 1.84. The Morgan fingerprint density at radius 3 is 2.72 bits per heavy atom. The predicted octanol–water partition coefficient (Wildman–Crippen LogP) is 6.04. The number of halogens is 2. The topological polar surface area (TPSA) is 111 Å². The van der Waals surface area contributed by atoms with Gasteiger partial charge in [0.2, 0.25) is 11.8 Å². The van der Waals surface area contributed by atoms with Gasteiger partial charge < -0.3 is 10.2 Å². The Bertz CT molecular complexity index is 1770. The normalized spacial score (nSPS) is 19.2. The Morgan fingerprint density at radius 1 is 1.14 bits per heavy atom. The third-order valence-corrected chi connectivity index (χ3v) is 8.48. The summed E-state index contributed by atoms with van der Waals surface area (Å²) in [5.74, 6) is -0.598. The molecule has 0 saturated heterocycles. The molecule has 4 aromatic rings. The summed E-state index contributed by atoms with van der Waals surface area (Å²) in [5.41, 5.74) is 6.20. The maximum absolute atomic E-state index is 13.9. The average molecular weight is 618 g/mol. The lowest BCUT2D eigenvalue weighted by Crippen LogP contribution is -2.38. The fourth-order valence-electron chi connectivity index (χ4n) is 5.95. The van der Waals surface area contributed by atoms with Crippen LogP contribution in [0, 0.1) is 5.92 Å². The van der Waals surface area contributed by atoms with E-state index in [2.05, 4.69) is 27.3 Å². The molecular weight excluding hydrogens is 587 g/mol. The van der Waals surface area contributed by atoms with E-state index in [1.165, 1.54) is 0 Å². The molecule has 0 aliphatic carbocycles. The number of nitrogens with zero attached hydrogens (tertiary/aromatic N) is 7. The second-order valence-electron chi connectivity index (χ2n) is 10.9. The molecule has 220 valence electrons. The lowest BCUT2D eigenvalue weighted by atomic mass is 9.90. The fraction of sp³-hybridized carbons (Fsp3) is 0.290. The molecule has 0 radical (unpaired) electrons. The minimum absolute atomic E-state index is 0.110. The average Bonchev–Trinajstić information content (AvgIpc) is 3.57. The molecule has 2 bridgehead atoms. The van der Waals surface area contributed by atoms with E-state index >= 15 is 0 Å². The van der Waals surface area contributed by atoms with Gasteiger partial charge in [-0.25, -0.2) is 4.68 Å². The first kappa shape index (κ1) is 28.8. The monoisotopic (exact) mass is 616 g/mol. The molecule has 10 nitrogen and oxygen atoms in total. The molecule has 6 rings (SSSR count). The van der Waals surface area contributed by atoms with Crippen molar-refractivity contribution < 1.29 is 9.59 Å². The molecule has 5 heterocycles. The molecule has 2 atom stereocenters. The zero-order valence-electron chi connectivity index (χ0n) is 23.8. The molecule has 0 saturated carbocycles. The van der Waals surface area contributed by atoms with Crippen molar-refractivity contribution in [1.82, 2.24) is 34.7 Å². The van der Waals surface area contributed by atoms with Gasteiger partial charge in [0, 0.05) is 42.0 Å². The first-order chi connectivity index (χ1) is 20.7. The standard InChI is InChI=1S/C31H30Cl2N8O2/c1-18(2)22-5-4-6-27(24-13-20(9-11-34-24)30-25(36-31(22)43)16-35-39(30)3)40-12-10-19(14-29(40)42)23-15-21(32)7-8-26(23)41-17-28(33)37-38-41/h7-9,11,13-17,22,27H,1,4-6,10,12H2,2-3H3,(H,36,43)/t22-,27-/m0/s1. The lowest BCUT2D eigenvalue weighted by Gasteiger charge is -2.35. The number of rotatable bonds is 4. The van der Waals surface area contributed by atoms with Crippen LogP contribution in [-0.2, 0) is 16.6 Å². The number of anilines is 1. The van der Waals surface area contributed by atoms with Crippen LogP contribution in [0.3, 0.4) is 0 Å². The van der Waals surface area contributed by atoms with E-state index in [4.69, 9.17) is 28.2 Å². The number of amides is 2. The van der Waals surface area contributed by atoms with Gasteiger partial charge >= 0.3 is 0 Å². The van der Waals surface area contributed by atoms with Gasteiger partial charge in [0.05, 0.1) is 47.1 Å². The number of hydrogen-bond donors (Lipinski definition) is 1. The van der Waals surface area contributed by atoms with Gasteiger partial charge in [-0.05, 0) is 68.5 Å². The lowest BCUT2D eigenvalue weighted by molar-refractivity contribution is -0.129. The minimum Gasteiger partial charge on any atom is -0.330 e. The van der Waals surface area contributed by atoms with E-state index in [0.717, 1.165) is 39.3 Å². The van der Waals surface area contributed by atoms with E-state index in [-0.39, 0.29) is 28.9 Å². The Hall–Kier alpha value is -4.28. The number of aryl methyl sites for hydroxylation is 1. The van der Waals surface area contributed by atoms with E-state index in [0.29, 0.717) is 42.9 Å². The number of nitrogens with one attached hydrogen (secondary N) is 1. The van der Waals surface area contributed by atoms with E-state index in [1.807, 2.05) is 43.1 Å². The summed E-state index contributed by atoms with van der Waals surface area (Å²) in [6.07, 6.45) is 9.22. The van der Waals surface area contributed by atoms with Crippen LogP contribution in [0.4, 0.5) is 5.69 Å². The Kier molecular flexibility index (Phi) is 7.89. The van der Waals surface area contributed by atoms with Gasteiger partial charge in [0.1, 0.15) is 0 Å². The van der Waals surface area contributed by atoms with Crippen molar-refractivity contribution in [2.45, 2.75) is 38.6 Å². The van der Waals surface area contributed by atoms with E-state index < -0.39 is 0 Å². The number of carbonyl (C=O) groups excluding carboxylic acids is 2. The van der Waals surface area contributed by atoms with Crippen molar-refractivity contribution in [1.29, 1.82) is 0 Å². The first-order valence-electron chi connectivity index (χ1n) is 14.0. The van der Waals surface area contributed by atoms with Crippen LogP contribution >= 0.6 is 23.2 Å². The van der Waals surface area contributed by atoms with E-state index in [1.54, 1.807) is 40.1 Å². The van der Waals surface area contributed by atoms with Crippen molar-refractivity contribution in [3.05, 3.63) is 88.6 Å². The van der Waals surface area contributed by atoms with Crippen LogP contribution in [0.25, 0.3) is 22.5 Å². The fourth-order valence-corrected chi connectivity index (χ4v) is 6.25. The summed E-state index contributed by atoms with van der Waals surface area (Å²) >= 11 is 12.4. The SMILES string of the molecule is C=C(C)[C@@H]1CCC[C@H](N2CCC(c3cc(Cl)ccc3-n3cc(Cl)nn3)=CC2=O)c2cc(ccn2)-c2c(cnn2C)NC1=O. The summed E-state index contributed by atoms with van der Waals surface area (Å²) in [5, 5.41) is 16.3. The van der Waals surface area contributed by atoms with Crippen LogP contribution in [0.2, 0.25) is 10.2 Å². The number of pyridine rings is 1. The van der Waals surface area contributed by atoms with Crippen LogP contribution in [-0.4, -0.2) is 53.0 Å². The highest BCUT2D eigenvalue weighted by atomic mass is 35.5. The second-order valence-corrected chi connectivity index (χ2v) is 11.8. The molecule has 0 spiro atoms. The molecule has 0 unspecified atom stereocenters. The number of hydrogen-bond acceptors (Lipinski definition) is 6. The second kappa shape index (κ2) is 11.8. The van der Waals surface area contributed by atoms with Crippen molar-refractivity contribution in [3.8, 4) is 16.9 Å². The van der Waals surface area contributed by atoms with Gasteiger partial charge in [-0.1, -0.05) is 40.6 Å². The molecule has 1 aromatic carbocycles. The largest absolute Gasteiger partial charge is 0.330 e. The number of fused-ring (bicyclic) bond motifs is 4. The van der Waals surface area contributed by atoms with E-state index in [9.17, 15) is 9.59 Å². The van der Waals surface area contributed by atoms with Gasteiger partial charge in [-0.15, -0.1) is 5.10 Å². The minimum atomic E-state index is -0.366. The van der Waals surface area contributed by atoms with Crippen molar-refractivity contribution in [3.63, 3.8) is 0 Å². The van der Waals surface area contributed by atoms with Crippen LogP contribution in [0.5, 0.6) is 0 Å². The molecule has 43 heavy (non-hydrogen) atoms. The molecule has 2 aliphatic heterocycles. The summed E-state index contributed by atoms with van der Waals surface area (Å²) < 4.78 is 3.31. The quantitative estimate of drug-likeness (QED) is 0.280. The zero-order valence-corrected chi connectivity index (χ0v) is 25.3. The van der Waals surface area contributed by atoms with Gasteiger partial charge in [0.15, 0.2) is 5.15 Å². The van der Waals surface area contributed by atoms with Crippen molar-refractivity contribution in [2.75, 3.05) is 11.9 Å². The molecule has 12 heteroatoms. The molecule has 2 amide bonds. The maximum Gasteiger partial charge on any atom is 0.247 e. The summed E-state index contributed by atoms with van der Waals surface area (Å²) in [6, 6.07) is 9.03.